The van der Waals surface area contributed by atoms with Gasteiger partial charge in [-0.1, -0.05) is 12.1 Å². The average molecular weight is 267 g/mol. The van der Waals surface area contributed by atoms with Crippen molar-refractivity contribution in [3.05, 3.63) is 35.4 Å². The van der Waals surface area contributed by atoms with Crippen LogP contribution in [-0.4, -0.2) is 5.78 Å². The number of halogens is 3. The highest BCUT2D eigenvalue weighted by atomic mass is 19.4. The first-order valence-electron chi connectivity index (χ1n) is 5.98. The molecule has 19 heavy (non-hydrogen) atoms. The van der Waals surface area contributed by atoms with E-state index in [1.54, 1.807) is 0 Å². The molecule has 0 aliphatic heterocycles. The minimum atomic E-state index is -4.39. The van der Waals surface area contributed by atoms with Gasteiger partial charge >= 0.3 is 6.18 Å². The monoisotopic (exact) mass is 267 g/mol. The second-order valence-electron chi connectivity index (χ2n) is 4.84. The molecular formula is C14H12F3NO. The number of rotatable bonds is 1. The Morgan fingerprint density at radius 3 is 2.32 bits per heavy atom. The lowest BCUT2D eigenvalue weighted by molar-refractivity contribution is -0.137. The minimum Gasteiger partial charge on any atom is -0.300 e. The summed E-state index contributed by atoms with van der Waals surface area (Å²) in [5, 5.41) is 9.32. The van der Waals surface area contributed by atoms with Crippen molar-refractivity contribution in [1.82, 2.24) is 0 Å². The molecule has 2 nitrogen and oxygen atoms in total. The number of ketones is 1. The highest BCUT2D eigenvalue weighted by molar-refractivity contribution is 5.81. The first-order valence-corrected chi connectivity index (χ1v) is 5.98. The van der Waals surface area contributed by atoms with E-state index in [1.165, 1.54) is 12.1 Å². The highest BCUT2D eigenvalue weighted by Crippen LogP contribution is 2.38. The van der Waals surface area contributed by atoms with Crippen molar-refractivity contribution in [2.75, 3.05) is 0 Å². The van der Waals surface area contributed by atoms with Crippen molar-refractivity contribution in [1.29, 1.82) is 5.26 Å². The Morgan fingerprint density at radius 1 is 1.21 bits per heavy atom. The Hall–Kier alpha value is -1.83. The van der Waals surface area contributed by atoms with Gasteiger partial charge in [0.25, 0.3) is 0 Å². The molecule has 0 saturated heterocycles. The summed E-state index contributed by atoms with van der Waals surface area (Å²) < 4.78 is 37.4. The fourth-order valence-electron chi connectivity index (χ4n) is 2.49. The van der Waals surface area contributed by atoms with Gasteiger partial charge in [0.1, 0.15) is 5.78 Å². The van der Waals surface area contributed by atoms with Crippen LogP contribution >= 0.6 is 0 Å². The van der Waals surface area contributed by atoms with Crippen molar-refractivity contribution in [3.8, 4) is 6.07 Å². The molecule has 100 valence electrons. The Balaban J connectivity index is 2.35. The molecule has 2 rings (SSSR count). The number of benzene rings is 1. The van der Waals surface area contributed by atoms with E-state index in [4.69, 9.17) is 0 Å². The van der Waals surface area contributed by atoms with Crippen LogP contribution in [-0.2, 0) is 16.4 Å². The number of hydrogen-bond donors (Lipinski definition) is 0. The SMILES string of the molecule is N#CC1(c2ccc(C(F)(F)F)cc2)CCCC(=O)C1. The van der Waals surface area contributed by atoms with E-state index >= 15 is 0 Å². The predicted octanol–water partition coefficient (Wildman–Crippen LogP) is 3.61. The van der Waals surface area contributed by atoms with Gasteiger partial charge in [-0.15, -0.1) is 0 Å². The molecule has 1 aliphatic rings. The number of carbonyl (C=O) groups is 1. The maximum atomic E-state index is 12.5. The maximum absolute atomic E-state index is 12.5. The van der Waals surface area contributed by atoms with Gasteiger partial charge < -0.3 is 0 Å². The van der Waals surface area contributed by atoms with Gasteiger partial charge in [-0.3, -0.25) is 4.79 Å². The summed E-state index contributed by atoms with van der Waals surface area (Å²) in [5.41, 5.74) is -1.21. The van der Waals surface area contributed by atoms with Crippen LogP contribution in [0.1, 0.15) is 36.8 Å². The van der Waals surface area contributed by atoms with E-state index in [0.29, 0.717) is 24.8 Å². The second kappa shape index (κ2) is 4.69. The molecule has 0 spiro atoms. The normalized spacial score (nSPS) is 24.0. The summed E-state index contributed by atoms with van der Waals surface area (Å²) in [6.45, 7) is 0. The Bertz CT molecular complexity index is 527. The fourth-order valence-corrected chi connectivity index (χ4v) is 2.49. The van der Waals surface area contributed by atoms with E-state index in [2.05, 4.69) is 6.07 Å². The Morgan fingerprint density at radius 2 is 1.84 bits per heavy atom. The third kappa shape index (κ3) is 2.62. The number of nitrogens with zero attached hydrogens (tertiary/aromatic N) is 1. The molecule has 0 aromatic heterocycles. The molecule has 1 aromatic carbocycles. The Labute approximate surface area is 108 Å². The topological polar surface area (TPSA) is 40.9 Å². The van der Waals surface area contributed by atoms with Crippen molar-refractivity contribution < 1.29 is 18.0 Å². The van der Waals surface area contributed by atoms with Gasteiger partial charge in [-0.2, -0.15) is 18.4 Å². The van der Waals surface area contributed by atoms with E-state index in [-0.39, 0.29) is 12.2 Å². The van der Waals surface area contributed by atoms with Crippen molar-refractivity contribution in [2.24, 2.45) is 0 Å². The zero-order valence-electron chi connectivity index (χ0n) is 10.1. The van der Waals surface area contributed by atoms with Gasteiger partial charge in [0, 0.05) is 12.8 Å². The summed E-state index contributed by atoms with van der Waals surface area (Å²) in [6.07, 6.45) is -2.73. The number of alkyl halides is 3. The molecule has 0 N–H and O–H groups in total. The molecule has 5 heteroatoms. The molecule has 1 aromatic rings. The van der Waals surface area contributed by atoms with E-state index < -0.39 is 17.2 Å². The molecule has 1 unspecified atom stereocenters. The summed E-state index contributed by atoms with van der Waals surface area (Å²) in [4.78, 5) is 11.5. The molecule has 1 fully saturated rings. The number of nitriles is 1. The summed E-state index contributed by atoms with van der Waals surface area (Å²) >= 11 is 0. The highest BCUT2D eigenvalue weighted by Gasteiger charge is 2.38. The lowest BCUT2D eigenvalue weighted by atomic mass is 9.70. The number of hydrogen-bond acceptors (Lipinski definition) is 2. The van der Waals surface area contributed by atoms with Crippen molar-refractivity contribution in [3.63, 3.8) is 0 Å². The molecule has 0 heterocycles. The molecule has 0 bridgehead atoms. The lowest BCUT2D eigenvalue weighted by Crippen LogP contribution is -2.31. The summed E-state index contributed by atoms with van der Waals surface area (Å²) in [5.74, 6) is -0.00676. The zero-order valence-corrected chi connectivity index (χ0v) is 10.1. The molecule has 1 saturated carbocycles. The molecule has 1 atom stereocenters. The average Bonchev–Trinajstić information content (AvgIpc) is 2.38. The maximum Gasteiger partial charge on any atom is 0.416 e. The third-order valence-electron chi connectivity index (χ3n) is 3.54. The van der Waals surface area contributed by atoms with Crippen LogP contribution in [0.3, 0.4) is 0 Å². The van der Waals surface area contributed by atoms with Crippen LogP contribution in [0.5, 0.6) is 0 Å². The largest absolute Gasteiger partial charge is 0.416 e. The van der Waals surface area contributed by atoms with Crippen LogP contribution in [0, 0.1) is 11.3 Å². The van der Waals surface area contributed by atoms with Gasteiger partial charge in [0.2, 0.25) is 0 Å². The molecule has 0 radical (unpaired) electrons. The van der Waals surface area contributed by atoms with Gasteiger partial charge in [0.05, 0.1) is 17.0 Å². The van der Waals surface area contributed by atoms with Gasteiger partial charge in [-0.25, -0.2) is 0 Å². The van der Waals surface area contributed by atoms with Crippen LogP contribution in [0.4, 0.5) is 13.2 Å². The molecule has 1 aliphatic carbocycles. The standard InChI is InChI=1S/C14H12F3NO/c15-14(16,17)11-5-3-10(4-6-11)13(9-18)7-1-2-12(19)8-13/h3-6H,1-2,7-8H2. The number of Topliss-reactive ketones (excluding diaryl/α,β-unsaturated/α-hetero) is 1. The van der Waals surface area contributed by atoms with E-state index in [9.17, 15) is 23.2 Å². The first kappa shape index (κ1) is 13.6. The van der Waals surface area contributed by atoms with Crippen molar-refractivity contribution in [2.45, 2.75) is 37.3 Å². The number of carbonyl (C=O) groups excluding carboxylic acids is 1. The van der Waals surface area contributed by atoms with Crippen LogP contribution in [0.25, 0.3) is 0 Å². The van der Waals surface area contributed by atoms with Crippen molar-refractivity contribution >= 4 is 5.78 Å². The molecular weight excluding hydrogens is 255 g/mol. The first-order chi connectivity index (χ1) is 8.87. The predicted molar refractivity (Wildman–Crippen MR) is 62.2 cm³/mol. The molecule has 0 amide bonds. The fraction of sp³-hybridized carbons (Fsp3) is 0.429. The lowest BCUT2D eigenvalue weighted by Gasteiger charge is -2.30. The quantitative estimate of drug-likeness (QED) is 0.779. The van der Waals surface area contributed by atoms with Gasteiger partial charge in [0.15, 0.2) is 0 Å². The smallest absolute Gasteiger partial charge is 0.300 e. The van der Waals surface area contributed by atoms with Crippen LogP contribution in [0.2, 0.25) is 0 Å². The second-order valence-corrected chi connectivity index (χ2v) is 4.84. The minimum absolute atomic E-state index is 0.00676. The summed E-state index contributed by atoms with van der Waals surface area (Å²) in [6, 6.07) is 6.67. The van der Waals surface area contributed by atoms with Crippen LogP contribution < -0.4 is 0 Å². The zero-order chi connectivity index (χ0) is 14.1. The van der Waals surface area contributed by atoms with Gasteiger partial charge in [-0.05, 0) is 30.5 Å². The van der Waals surface area contributed by atoms with E-state index in [1.807, 2.05) is 0 Å². The Kier molecular flexibility index (Phi) is 3.36. The van der Waals surface area contributed by atoms with Crippen LogP contribution in [0.15, 0.2) is 24.3 Å². The van der Waals surface area contributed by atoms with E-state index in [0.717, 1.165) is 12.1 Å². The summed E-state index contributed by atoms with van der Waals surface area (Å²) in [7, 11) is 0. The third-order valence-corrected chi connectivity index (χ3v) is 3.54.